The van der Waals surface area contributed by atoms with Crippen molar-refractivity contribution in [2.24, 2.45) is 5.92 Å². The quantitative estimate of drug-likeness (QED) is 0.722. The summed E-state index contributed by atoms with van der Waals surface area (Å²) in [6, 6.07) is 7.63. The number of pyridine rings is 1. The molecule has 1 amide bonds. The Morgan fingerprint density at radius 1 is 1.26 bits per heavy atom. The maximum atomic E-state index is 12.5. The van der Waals surface area contributed by atoms with Crippen molar-refractivity contribution in [1.82, 2.24) is 29.8 Å². The Bertz CT molecular complexity index is 882. The molecule has 0 saturated carbocycles. The molecule has 8 nitrogen and oxygen atoms in total. The maximum Gasteiger partial charge on any atom is 0.271 e. The lowest BCUT2D eigenvalue weighted by Gasteiger charge is -2.32. The van der Waals surface area contributed by atoms with Crippen LogP contribution in [0.15, 0.2) is 49.3 Å². The summed E-state index contributed by atoms with van der Waals surface area (Å²) in [6.45, 7) is 1.51. The standard InChI is InChI=1S/C19H21N7O/c27-19(16-10-20-12-23-16)26-7-3-4-14(11-26)8-15-9-18(24-13-22-15)25-17-5-1-2-6-21-17/h1-2,5-6,9-10,12-14H,3-4,7-8,11H2,(H,20,23)(H,21,22,24,25)/t14-/m1/s1. The van der Waals surface area contributed by atoms with Crippen LogP contribution in [0, 0.1) is 5.92 Å². The maximum absolute atomic E-state index is 12.5. The summed E-state index contributed by atoms with van der Waals surface area (Å²) in [5.41, 5.74) is 1.50. The summed E-state index contributed by atoms with van der Waals surface area (Å²) >= 11 is 0. The van der Waals surface area contributed by atoms with E-state index in [1.807, 2.05) is 29.2 Å². The van der Waals surface area contributed by atoms with E-state index in [9.17, 15) is 4.79 Å². The fraction of sp³-hybridized carbons (Fsp3) is 0.316. The molecule has 1 atom stereocenters. The number of hydrogen-bond acceptors (Lipinski definition) is 6. The van der Waals surface area contributed by atoms with Gasteiger partial charge in [-0.05, 0) is 37.3 Å². The van der Waals surface area contributed by atoms with Crippen LogP contribution in [-0.4, -0.2) is 48.8 Å². The van der Waals surface area contributed by atoms with Crippen molar-refractivity contribution in [2.75, 3.05) is 18.4 Å². The molecule has 8 heteroatoms. The van der Waals surface area contributed by atoms with Crippen molar-refractivity contribution in [2.45, 2.75) is 19.3 Å². The number of aromatic nitrogens is 5. The van der Waals surface area contributed by atoms with Gasteiger partial charge in [0.05, 0.1) is 12.5 Å². The van der Waals surface area contributed by atoms with Gasteiger partial charge in [0.25, 0.3) is 5.91 Å². The number of hydrogen-bond donors (Lipinski definition) is 2. The minimum atomic E-state index is 0.0115. The van der Waals surface area contributed by atoms with Crippen LogP contribution < -0.4 is 5.32 Å². The van der Waals surface area contributed by atoms with Gasteiger partial charge in [0.2, 0.25) is 0 Å². The molecule has 3 aromatic heterocycles. The number of nitrogens with zero attached hydrogens (tertiary/aromatic N) is 5. The minimum Gasteiger partial charge on any atom is -0.341 e. The van der Waals surface area contributed by atoms with Crippen LogP contribution in [0.1, 0.15) is 29.0 Å². The number of amides is 1. The normalized spacial score (nSPS) is 16.9. The van der Waals surface area contributed by atoms with E-state index < -0.39 is 0 Å². The number of anilines is 2. The zero-order valence-electron chi connectivity index (χ0n) is 14.9. The fourth-order valence-electron chi connectivity index (χ4n) is 3.40. The van der Waals surface area contributed by atoms with Gasteiger partial charge < -0.3 is 15.2 Å². The minimum absolute atomic E-state index is 0.0115. The van der Waals surface area contributed by atoms with E-state index in [0.29, 0.717) is 11.6 Å². The third-order valence-electron chi connectivity index (χ3n) is 4.68. The van der Waals surface area contributed by atoms with Gasteiger partial charge in [-0.2, -0.15) is 0 Å². The van der Waals surface area contributed by atoms with Crippen LogP contribution in [-0.2, 0) is 6.42 Å². The lowest BCUT2D eigenvalue weighted by atomic mass is 9.93. The average Bonchev–Trinajstić information content (AvgIpc) is 3.23. The summed E-state index contributed by atoms with van der Waals surface area (Å²) in [5, 5.41) is 3.19. The van der Waals surface area contributed by atoms with Crippen molar-refractivity contribution in [3.63, 3.8) is 0 Å². The Kier molecular flexibility index (Phi) is 5.04. The Balaban J connectivity index is 1.40. The smallest absolute Gasteiger partial charge is 0.271 e. The molecular formula is C19H21N7O. The van der Waals surface area contributed by atoms with Crippen molar-refractivity contribution in [3.8, 4) is 0 Å². The van der Waals surface area contributed by atoms with Crippen LogP contribution >= 0.6 is 0 Å². The predicted molar refractivity (Wildman–Crippen MR) is 100 cm³/mol. The van der Waals surface area contributed by atoms with E-state index >= 15 is 0 Å². The van der Waals surface area contributed by atoms with Crippen LogP contribution in [0.4, 0.5) is 11.6 Å². The summed E-state index contributed by atoms with van der Waals surface area (Å²) < 4.78 is 0. The Morgan fingerprint density at radius 3 is 3.04 bits per heavy atom. The number of piperidine rings is 1. The van der Waals surface area contributed by atoms with Crippen LogP contribution in [0.2, 0.25) is 0 Å². The van der Waals surface area contributed by atoms with E-state index in [-0.39, 0.29) is 5.91 Å². The zero-order valence-corrected chi connectivity index (χ0v) is 14.9. The molecule has 3 aromatic rings. The first-order chi connectivity index (χ1) is 13.3. The van der Waals surface area contributed by atoms with Gasteiger partial charge in [0.1, 0.15) is 23.7 Å². The summed E-state index contributed by atoms with van der Waals surface area (Å²) in [5.74, 6) is 1.86. The fourth-order valence-corrected chi connectivity index (χ4v) is 3.40. The van der Waals surface area contributed by atoms with Gasteiger partial charge >= 0.3 is 0 Å². The number of carbonyl (C=O) groups excluding carboxylic acids is 1. The summed E-state index contributed by atoms with van der Waals surface area (Å²) in [4.78, 5) is 34.2. The molecule has 27 heavy (non-hydrogen) atoms. The zero-order chi connectivity index (χ0) is 18.5. The molecule has 0 aromatic carbocycles. The van der Waals surface area contributed by atoms with E-state index in [1.165, 1.54) is 6.33 Å². The van der Waals surface area contributed by atoms with Gasteiger partial charge in [0, 0.05) is 31.0 Å². The van der Waals surface area contributed by atoms with Gasteiger partial charge in [0.15, 0.2) is 0 Å². The number of nitrogens with one attached hydrogen (secondary N) is 2. The SMILES string of the molecule is O=C(c1cnc[nH]1)N1CCC[C@H](Cc2cc(Nc3ccccn3)ncn2)C1. The Hall–Kier alpha value is -3.29. The monoisotopic (exact) mass is 363 g/mol. The molecule has 2 N–H and O–H groups in total. The number of rotatable bonds is 5. The second-order valence-corrected chi connectivity index (χ2v) is 6.66. The number of aromatic amines is 1. The van der Waals surface area contributed by atoms with E-state index in [0.717, 1.165) is 49.7 Å². The summed E-state index contributed by atoms with van der Waals surface area (Å²) in [7, 11) is 0. The molecule has 138 valence electrons. The first-order valence-corrected chi connectivity index (χ1v) is 9.04. The van der Waals surface area contributed by atoms with E-state index in [4.69, 9.17) is 0 Å². The van der Waals surface area contributed by atoms with Crippen LogP contribution in [0.3, 0.4) is 0 Å². The van der Waals surface area contributed by atoms with Crippen molar-refractivity contribution < 1.29 is 4.79 Å². The van der Waals surface area contributed by atoms with Gasteiger partial charge in [-0.3, -0.25) is 4.79 Å². The molecule has 1 fully saturated rings. The largest absolute Gasteiger partial charge is 0.341 e. The van der Waals surface area contributed by atoms with Gasteiger partial charge in [-0.1, -0.05) is 6.07 Å². The van der Waals surface area contributed by atoms with Crippen molar-refractivity contribution in [3.05, 3.63) is 60.7 Å². The van der Waals surface area contributed by atoms with Crippen molar-refractivity contribution in [1.29, 1.82) is 0 Å². The van der Waals surface area contributed by atoms with E-state index in [1.54, 1.807) is 18.7 Å². The number of imidazole rings is 1. The molecule has 1 aliphatic heterocycles. The average molecular weight is 363 g/mol. The molecule has 0 aliphatic carbocycles. The number of carbonyl (C=O) groups is 1. The lowest BCUT2D eigenvalue weighted by Crippen LogP contribution is -2.40. The second-order valence-electron chi connectivity index (χ2n) is 6.66. The molecule has 0 spiro atoms. The highest BCUT2D eigenvalue weighted by atomic mass is 16.2. The molecule has 1 saturated heterocycles. The lowest BCUT2D eigenvalue weighted by molar-refractivity contribution is 0.0667. The van der Waals surface area contributed by atoms with E-state index in [2.05, 4.69) is 30.2 Å². The molecule has 1 aliphatic rings. The summed E-state index contributed by atoms with van der Waals surface area (Å²) in [6.07, 6.45) is 9.30. The highest BCUT2D eigenvalue weighted by Crippen LogP contribution is 2.22. The van der Waals surface area contributed by atoms with Crippen LogP contribution in [0.25, 0.3) is 0 Å². The highest BCUT2D eigenvalue weighted by Gasteiger charge is 2.25. The third kappa shape index (κ3) is 4.28. The topological polar surface area (TPSA) is 99.7 Å². The predicted octanol–water partition coefficient (Wildman–Crippen LogP) is 2.43. The van der Waals surface area contributed by atoms with Crippen molar-refractivity contribution >= 4 is 17.5 Å². The number of H-pyrrole nitrogens is 1. The molecule has 4 rings (SSSR count). The number of likely N-dealkylation sites (tertiary alicyclic amines) is 1. The molecule has 4 heterocycles. The second kappa shape index (κ2) is 7.94. The Morgan fingerprint density at radius 2 is 2.22 bits per heavy atom. The molecular weight excluding hydrogens is 342 g/mol. The third-order valence-corrected chi connectivity index (χ3v) is 4.68. The molecule has 0 bridgehead atoms. The first kappa shape index (κ1) is 17.1. The van der Waals surface area contributed by atoms with Gasteiger partial charge in [-0.25, -0.2) is 19.9 Å². The molecule has 0 radical (unpaired) electrons. The Labute approximate surface area is 157 Å². The molecule has 0 unspecified atom stereocenters. The first-order valence-electron chi connectivity index (χ1n) is 9.04. The van der Waals surface area contributed by atoms with Crippen LogP contribution in [0.5, 0.6) is 0 Å². The van der Waals surface area contributed by atoms with Gasteiger partial charge in [-0.15, -0.1) is 0 Å². The highest BCUT2D eigenvalue weighted by molar-refractivity contribution is 5.92.